The van der Waals surface area contributed by atoms with Crippen molar-refractivity contribution < 1.29 is 9.18 Å². The summed E-state index contributed by atoms with van der Waals surface area (Å²) < 4.78 is 13.5. The van der Waals surface area contributed by atoms with E-state index in [1.807, 2.05) is 0 Å². The molecule has 2 aromatic heterocycles. The summed E-state index contributed by atoms with van der Waals surface area (Å²) in [5.41, 5.74) is 9.18. The third kappa shape index (κ3) is 2.88. The SMILES string of the molecule is Cc1c(C(=O)N/N=C\c2ccccc2F)sc2ncnc(N)c12. The molecule has 0 aliphatic carbocycles. The zero-order chi connectivity index (χ0) is 16.4. The molecule has 6 nitrogen and oxygen atoms in total. The molecule has 3 N–H and O–H groups in total. The second-order valence-electron chi connectivity index (χ2n) is 4.72. The number of hydrazone groups is 1. The van der Waals surface area contributed by atoms with Crippen LogP contribution in [0.25, 0.3) is 10.2 Å². The monoisotopic (exact) mass is 329 g/mol. The first-order valence-corrected chi connectivity index (χ1v) is 7.47. The number of halogens is 1. The van der Waals surface area contributed by atoms with E-state index in [9.17, 15) is 9.18 Å². The van der Waals surface area contributed by atoms with Crippen LogP contribution in [-0.2, 0) is 0 Å². The number of hydrogen-bond donors (Lipinski definition) is 2. The van der Waals surface area contributed by atoms with Gasteiger partial charge in [0.15, 0.2) is 0 Å². The van der Waals surface area contributed by atoms with E-state index >= 15 is 0 Å². The van der Waals surface area contributed by atoms with Gasteiger partial charge in [0.2, 0.25) is 0 Å². The summed E-state index contributed by atoms with van der Waals surface area (Å²) >= 11 is 1.20. The number of nitrogens with two attached hydrogens (primary N) is 1. The second-order valence-corrected chi connectivity index (χ2v) is 5.71. The van der Waals surface area contributed by atoms with E-state index < -0.39 is 11.7 Å². The predicted molar refractivity (Wildman–Crippen MR) is 88.0 cm³/mol. The zero-order valence-electron chi connectivity index (χ0n) is 12.1. The van der Waals surface area contributed by atoms with Crippen LogP contribution in [0.15, 0.2) is 35.7 Å². The molecular formula is C15H12FN5OS. The molecule has 0 bridgehead atoms. The molecule has 2 heterocycles. The quantitative estimate of drug-likeness (QED) is 0.570. The normalized spacial score (nSPS) is 11.2. The Morgan fingerprint density at radius 1 is 1.39 bits per heavy atom. The van der Waals surface area contributed by atoms with Gasteiger partial charge < -0.3 is 5.73 Å². The van der Waals surface area contributed by atoms with Crippen molar-refractivity contribution in [2.24, 2.45) is 5.10 Å². The number of anilines is 1. The highest BCUT2D eigenvalue weighted by molar-refractivity contribution is 7.20. The van der Waals surface area contributed by atoms with Crippen molar-refractivity contribution in [3.8, 4) is 0 Å². The summed E-state index contributed by atoms with van der Waals surface area (Å²) in [6.45, 7) is 1.77. The van der Waals surface area contributed by atoms with Crippen LogP contribution in [0.4, 0.5) is 10.2 Å². The maximum Gasteiger partial charge on any atom is 0.281 e. The Balaban J connectivity index is 1.83. The van der Waals surface area contributed by atoms with Gasteiger partial charge in [-0.2, -0.15) is 5.10 Å². The van der Waals surface area contributed by atoms with E-state index in [4.69, 9.17) is 5.73 Å². The Morgan fingerprint density at radius 2 is 2.17 bits per heavy atom. The standard InChI is InChI=1S/C15H12FN5OS/c1-8-11-13(17)18-7-19-15(11)23-12(8)14(22)21-20-6-9-4-2-3-5-10(9)16/h2-7H,1H3,(H,21,22)(H2,17,18,19)/b20-6-. The number of carbonyl (C=O) groups is 1. The van der Waals surface area contributed by atoms with Gasteiger partial charge >= 0.3 is 0 Å². The molecule has 0 radical (unpaired) electrons. The molecule has 3 aromatic rings. The minimum absolute atomic E-state index is 0.288. The molecule has 116 valence electrons. The predicted octanol–water partition coefficient (Wildman–Crippen LogP) is 2.48. The van der Waals surface area contributed by atoms with Crippen LogP contribution in [0.3, 0.4) is 0 Å². The van der Waals surface area contributed by atoms with Crippen LogP contribution in [0.1, 0.15) is 20.8 Å². The zero-order valence-corrected chi connectivity index (χ0v) is 12.9. The van der Waals surface area contributed by atoms with Crippen LogP contribution < -0.4 is 11.2 Å². The van der Waals surface area contributed by atoms with E-state index in [1.54, 1.807) is 25.1 Å². The smallest absolute Gasteiger partial charge is 0.281 e. The first-order valence-electron chi connectivity index (χ1n) is 6.65. The fourth-order valence-corrected chi connectivity index (χ4v) is 3.15. The Kier molecular flexibility index (Phi) is 3.98. The van der Waals surface area contributed by atoms with Crippen LogP contribution in [0.5, 0.6) is 0 Å². The molecule has 0 saturated heterocycles. The van der Waals surface area contributed by atoms with Crippen molar-refractivity contribution in [3.63, 3.8) is 0 Å². The molecule has 0 saturated carbocycles. The number of carbonyl (C=O) groups excluding carboxylic acids is 1. The topological polar surface area (TPSA) is 93.3 Å². The number of aromatic nitrogens is 2. The Labute approximate surface area is 134 Å². The van der Waals surface area contributed by atoms with Gasteiger partial charge in [-0.1, -0.05) is 18.2 Å². The fraction of sp³-hybridized carbons (Fsp3) is 0.0667. The van der Waals surface area contributed by atoms with Crippen LogP contribution in [0.2, 0.25) is 0 Å². The average molecular weight is 329 g/mol. The summed E-state index contributed by atoms with van der Waals surface area (Å²) in [6.07, 6.45) is 2.61. The van der Waals surface area contributed by atoms with Crippen molar-refractivity contribution in [1.29, 1.82) is 0 Å². The maximum atomic E-state index is 13.5. The second kappa shape index (κ2) is 6.09. The van der Waals surface area contributed by atoms with Gasteiger partial charge in [0.05, 0.1) is 16.5 Å². The lowest BCUT2D eigenvalue weighted by Crippen LogP contribution is -2.17. The maximum absolute atomic E-state index is 13.5. The summed E-state index contributed by atoms with van der Waals surface area (Å²) in [5.74, 6) is -0.485. The first kappa shape index (κ1) is 15.0. The Hall–Kier alpha value is -2.87. The lowest BCUT2D eigenvalue weighted by atomic mass is 10.2. The van der Waals surface area contributed by atoms with Crippen molar-refractivity contribution >= 4 is 39.5 Å². The fourth-order valence-electron chi connectivity index (χ4n) is 2.11. The average Bonchev–Trinajstić information content (AvgIpc) is 2.87. The molecule has 0 aliphatic heterocycles. The number of amides is 1. The number of hydrogen-bond acceptors (Lipinski definition) is 6. The highest BCUT2D eigenvalue weighted by Gasteiger charge is 2.17. The molecule has 8 heteroatoms. The molecular weight excluding hydrogens is 317 g/mol. The van der Waals surface area contributed by atoms with Crippen LogP contribution in [0, 0.1) is 12.7 Å². The van der Waals surface area contributed by atoms with E-state index in [1.165, 1.54) is 29.9 Å². The molecule has 23 heavy (non-hydrogen) atoms. The molecule has 0 fully saturated rings. The number of fused-ring (bicyclic) bond motifs is 1. The van der Waals surface area contributed by atoms with Crippen LogP contribution >= 0.6 is 11.3 Å². The highest BCUT2D eigenvalue weighted by Crippen LogP contribution is 2.31. The molecule has 3 rings (SSSR count). The van der Waals surface area contributed by atoms with Gasteiger partial charge in [0.1, 0.15) is 22.8 Å². The number of benzene rings is 1. The van der Waals surface area contributed by atoms with Crippen LogP contribution in [-0.4, -0.2) is 22.1 Å². The summed E-state index contributed by atoms with van der Waals surface area (Å²) in [5, 5.41) is 4.45. The molecule has 1 aromatic carbocycles. The van der Waals surface area contributed by atoms with E-state index in [2.05, 4.69) is 20.5 Å². The van der Waals surface area contributed by atoms with E-state index in [0.29, 0.717) is 26.5 Å². The molecule has 0 unspecified atom stereocenters. The number of rotatable bonds is 3. The molecule has 1 amide bonds. The molecule has 0 aliphatic rings. The van der Waals surface area contributed by atoms with Gasteiger partial charge in [0.25, 0.3) is 5.91 Å². The number of thiophene rings is 1. The molecule has 0 spiro atoms. The first-order chi connectivity index (χ1) is 11.1. The van der Waals surface area contributed by atoms with Gasteiger partial charge in [0, 0.05) is 5.56 Å². The third-order valence-electron chi connectivity index (χ3n) is 3.24. The van der Waals surface area contributed by atoms with Crippen molar-refractivity contribution in [2.45, 2.75) is 6.92 Å². The van der Waals surface area contributed by atoms with E-state index in [0.717, 1.165) is 0 Å². The lowest BCUT2D eigenvalue weighted by Gasteiger charge is -1.99. The minimum atomic E-state index is -0.411. The number of nitrogens with one attached hydrogen (secondary N) is 1. The lowest BCUT2D eigenvalue weighted by molar-refractivity contribution is 0.0958. The summed E-state index contributed by atoms with van der Waals surface area (Å²) in [6, 6.07) is 6.15. The van der Waals surface area contributed by atoms with Crippen molar-refractivity contribution in [2.75, 3.05) is 5.73 Å². The van der Waals surface area contributed by atoms with Crippen molar-refractivity contribution in [1.82, 2.24) is 15.4 Å². The van der Waals surface area contributed by atoms with E-state index in [-0.39, 0.29) is 5.56 Å². The highest BCUT2D eigenvalue weighted by atomic mass is 32.1. The Bertz CT molecular complexity index is 921. The van der Waals surface area contributed by atoms with Gasteiger partial charge in [-0.25, -0.2) is 19.8 Å². The minimum Gasteiger partial charge on any atom is -0.383 e. The number of aryl methyl sites for hydroxylation is 1. The van der Waals surface area contributed by atoms with Crippen molar-refractivity contribution in [3.05, 3.63) is 52.4 Å². The molecule has 0 atom stereocenters. The van der Waals surface area contributed by atoms with Gasteiger partial charge in [-0.05, 0) is 18.6 Å². The Morgan fingerprint density at radius 3 is 2.91 bits per heavy atom. The van der Waals surface area contributed by atoms with Gasteiger partial charge in [-0.3, -0.25) is 4.79 Å². The summed E-state index contributed by atoms with van der Waals surface area (Å²) in [4.78, 5) is 21.3. The summed E-state index contributed by atoms with van der Waals surface area (Å²) in [7, 11) is 0. The van der Waals surface area contributed by atoms with Gasteiger partial charge in [-0.15, -0.1) is 11.3 Å². The third-order valence-corrected chi connectivity index (χ3v) is 4.44. The largest absolute Gasteiger partial charge is 0.383 e. The number of nitrogen functional groups attached to an aromatic ring is 1. The number of nitrogens with zero attached hydrogens (tertiary/aromatic N) is 3.